The molecule has 1 aromatic heterocycles. The second-order valence-electron chi connectivity index (χ2n) is 3.89. The van der Waals surface area contributed by atoms with Crippen LogP contribution in [0.3, 0.4) is 0 Å². The molecule has 0 amide bonds. The van der Waals surface area contributed by atoms with Gasteiger partial charge in [0.05, 0.1) is 5.02 Å². The molecule has 2 nitrogen and oxygen atoms in total. The van der Waals surface area contributed by atoms with Crippen molar-refractivity contribution >= 4 is 28.4 Å². The number of ketones is 1. The molecule has 0 N–H and O–H groups in total. The topological polar surface area (TPSA) is 30.2 Å². The Morgan fingerprint density at radius 1 is 1.44 bits per heavy atom. The van der Waals surface area contributed by atoms with E-state index in [1.807, 2.05) is 26.0 Å². The van der Waals surface area contributed by atoms with Crippen LogP contribution in [-0.4, -0.2) is 5.78 Å². The Labute approximate surface area is 99.2 Å². The largest absolute Gasteiger partial charge is 0.453 e. The second-order valence-corrected chi connectivity index (χ2v) is 4.30. The zero-order chi connectivity index (χ0) is 11.7. The molecule has 2 rings (SSSR count). The number of hydrogen-bond donors (Lipinski definition) is 0. The number of furan rings is 1. The third kappa shape index (κ3) is 1.85. The van der Waals surface area contributed by atoms with Crippen LogP contribution in [0.1, 0.15) is 35.9 Å². The van der Waals surface area contributed by atoms with E-state index in [1.54, 1.807) is 6.07 Å². The van der Waals surface area contributed by atoms with Crippen LogP contribution in [0.5, 0.6) is 0 Å². The summed E-state index contributed by atoms with van der Waals surface area (Å²) in [5.41, 5.74) is 1.71. The van der Waals surface area contributed by atoms with E-state index >= 15 is 0 Å². The van der Waals surface area contributed by atoms with Crippen molar-refractivity contribution in [2.75, 3.05) is 0 Å². The number of fused-ring (bicyclic) bond motifs is 1. The third-order valence-corrected chi connectivity index (χ3v) is 2.91. The van der Waals surface area contributed by atoms with E-state index in [2.05, 4.69) is 0 Å². The Balaban J connectivity index is 2.55. The summed E-state index contributed by atoms with van der Waals surface area (Å²) in [5.74, 6) is 0.446. The maximum absolute atomic E-state index is 11.7. The van der Waals surface area contributed by atoms with E-state index in [0.717, 1.165) is 17.4 Å². The van der Waals surface area contributed by atoms with E-state index in [9.17, 15) is 4.79 Å². The smallest absolute Gasteiger partial charge is 0.198 e. The average molecular weight is 237 g/mol. The molecule has 0 atom stereocenters. The molecule has 0 saturated carbocycles. The van der Waals surface area contributed by atoms with Gasteiger partial charge in [0.15, 0.2) is 11.5 Å². The summed E-state index contributed by atoms with van der Waals surface area (Å²) in [7, 11) is 0. The minimum absolute atomic E-state index is 0.0363. The Morgan fingerprint density at radius 3 is 2.81 bits per heavy atom. The van der Waals surface area contributed by atoms with Crippen LogP contribution in [0.2, 0.25) is 5.02 Å². The zero-order valence-electron chi connectivity index (χ0n) is 9.34. The van der Waals surface area contributed by atoms with Gasteiger partial charge in [-0.1, -0.05) is 24.6 Å². The molecule has 84 valence electrons. The first-order valence-corrected chi connectivity index (χ1v) is 5.73. The first-order chi connectivity index (χ1) is 7.63. The summed E-state index contributed by atoms with van der Waals surface area (Å²) < 4.78 is 5.56. The van der Waals surface area contributed by atoms with Crippen molar-refractivity contribution < 1.29 is 9.21 Å². The fourth-order valence-electron chi connectivity index (χ4n) is 1.71. The van der Waals surface area contributed by atoms with Gasteiger partial charge in [-0.05, 0) is 31.0 Å². The molecule has 0 radical (unpaired) electrons. The quantitative estimate of drug-likeness (QED) is 0.741. The summed E-state index contributed by atoms with van der Waals surface area (Å²) in [6, 6.07) is 5.45. The lowest BCUT2D eigenvalue weighted by Crippen LogP contribution is -1.94. The highest BCUT2D eigenvalue weighted by molar-refractivity contribution is 6.35. The van der Waals surface area contributed by atoms with Crippen LogP contribution in [0, 0.1) is 6.92 Å². The van der Waals surface area contributed by atoms with Crippen LogP contribution in [-0.2, 0) is 0 Å². The van der Waals surface area contributed by atoms with E-state index in [1.165, 1.54) is 0 Å². The molecular formula is C13H13ClO2. The van der Waals surface area contributed by atoms with Gasteiger partial charge in [-0.15, -0.1) is 0 Å². The minimum Gasteiger partial charge on any atom is -0.453 e. The summed E-state index contributed by atoms with van der Waals surface area (Å²) in [6.07, 6.45) is 1.33. The van der Waals surface area contributed by atoms with E-state index in [-0.39, 0.29) is 5.78 Å². The van der Waals surface area contributed by atoms with E-state index < -0.39 is 0 Å². The number of benzene rings is 1. The van der Waals surface area contributed by atoms with Gasteiger partial charge in [0.1, 0.15) is 5.58 Å². The summed E-state index contributed by atoms with van der Waals surface area (Å²) in [5, 5.41) is 1.45. The van der Waals surface area contributed by atoms with Gasteiger partial charge >= 0.3 is 0 Å². The highest BCUT2D eigenvalue weighted by atomic mass is 35.5. The molecule has 0 unspecified atom stereocenters. The van der Waals surface area contributed by atoms with Gasteiger partial charge in [-0.25, -0.2) is 0 Å². The van der Waals surface area contributed by atoms with Crippen molar-refractivity contribution in [1.82, 2.24) is 0 Å². The number of halogens is 1. The van der Waals surface area contributed by atoms with Gasteiger partial charge in [0, 0.05) is 11.8 Å². The summed E-state index contributed by atoms with van der Waals surface area (Å²) >= 11 is 6.05. The lowest BCUT2D eigenvalue weighted by Gasteiger charge is -1.95. The summed E-state index contributed by atoms with van der Waals surface area (Å²) in [4.78, 5) is 11.7. The highest BCUT2D eigenvalue weighted by Crippen LogP contribution is 2.29. The molecule has 1 aromatic carbocycles. The number of Topliss-reactive ketones (excluding diaryl/α,β-unsaturated/α-hetero) is 1. The monoisotopic (exact) mass is 236 g/mol. The van der Waals surface area contributed by atoms with Crippen LogP contribution in [0.4, 0.5) is 0 Å². The molecule has 0 saturated heterocycles. The minimum atomic E-state index is 0.0363. The van der Waals surface area contributed by atoms with Crippen molar-refractivity contribution in [1.29, 1.82) is 0 Å². The van der Waals surface area contributed by atoms with E-state index in [0.29, 0.717) is 22.8 Å². The predicted molar refractivity (Wildman–Crippen MR) is 65.2 cm³/mol. The van der Waals surface area contributed by atoms with Crippen molar-refractivity contribution in [3.8, 4) is 0 Å². The molecule has 0 aliphatic heterocycles. The average Bonchev–Trinajstić information content (AvgIpc) is 2.70. The van der Waals surface area contributed by atoms with Gasteiger partial charge in [-0.3, -0.25) is 4.79 Å². The molecule has 0 aliphatic carbocycles. The lowest BCUT2D eigenvalue weighted by molar-refractivity contribution is 0.0957. The molecular weight excluding hydrogens is 224 g/mol. The van der Waals surface area contributed by atoms with Gasteiger partial charge in [0.2, 0.25) is 0 Å². The molecule has 16 heavy (non-hydrogen) atoms. The van der Waals surface area contributed by atoms with Gasteiger partial charge in [0.25, 0.3) is 0 Å². The van der Waals surface area contributed by atoms with Crippen molar-refractivity contribution in [2.24, 2.45) is 0 Å². The molecule has 0 aliphatic rings. The first-order valence-electron chi connectivity index (χ1n) is 5.35. The molecule has 1 heterocycles. The predicted octanol–water partition coefficient (Wildman–Crippen LogP) is 4.38. The summed E-state index contributed by atoms with van der Waals surface area (Å²) in [6.45, 7) is 3.91. The second kappa shape index (κ2) is 4.30. The molecule has 0 spiro atoms. The standard InChI is InChI=1S/C13H13ClO2/c1-3-4-11(15)12-7-9-10(14)6-5-8(2)13(9)16-12/h5-7H,3-4H2,1-2H3. The zero-order valence-corrected chi connectivity index (χ0v) is 10.1. The van der Waals surface area contributed by atoms with E-state index in [4.69, 9.17) is 16.0 Å². The number of carbonyl (C=O) groups is 1. The van der Waals surface area contributed by atoms with Crippen LogP contribution in [0.25, 0.3) is 11.0 Å². The van der Waals surface area contributed by atoms with Crippen LogP contribution < -0.4 is 0 Å². The maximum Gasteiger partial charge on any atom is 0.198 e. The van der Waals surface area contributed by atoms with Gasteiger partial charge in [-0.2, -0.15) is 0 Å². The highest BCUT2D eigenvalue weighted by Gasteiger charge is 2.14. The molecule has 3 heteroatoms. The Kier molecular flexibility index (Phi) is 3.01. The molecule has 0 bridgehead atoms. The Morgan fingerprint density at radius 2 is 2.19 bits per heavy atom. The molecule has 2 aromatic rings. The fraction of sp³-hybridized carbons (Fsp3) is 0.308. The maximum atomic E-state index is 11.7. The number of carbonyl (C=O) groups excluding carboxylic acids is 1. The number of aryl methyl sites for hydroxylation is 1. The van der Waals surface area contributed by atoms with Crippen LogP contribution >= 0.6 is 11.6 Å². The third-order valence-electron chi connectivity index (χ3n) is 2.58. The molecule has 0 fully saturated rings. The van der Waals surface area contributed by atoms with Crippen molar-refractivity contribution in [3.05, 3.63) is 34.5 Å². The van der Waals surface area contributed by atoms with Crippen molar-refractivity contribution in [3.63, 3.8) is 0 Å². The number of hydrogen-bond acceptors (Lipinski definition) is 2. The number of rotatable bonds is 3. The first kappa shape index (κ1) is 11.2. The normalized spacial score (nSPS) is 10.9. The SMILES string of the molecule is CCCC(=O)c1cc2c(Cl)ccc(C)c2o1. The van der Waals surface area contributed by atoms with Gasteiger partial charge < -0.3 is 4.42 Å². The Hall–Kier alpha value is -1.28. The Bertz CT molecular complexity index is 501. The van der Waals surface area contributed by atoms with Crippen molar-refractivity contribution in [2.45, 2.75) is 26.7 Å². The fourth-order valence-corrected chi connectivity index (χ4v) is 1.92. The van der Waals surface area contributed by atoms with Crippen LogP contribution in [0.15, 0.2) is 22.6 Å². The lowest BCUT2D eigenvalue weighted by atomic mass is 10.1.